The van der Waals surface area contributed by atoms with Crippen molar-refractivity contribution in [2.24, 2.45) is 5.92 Å². The van der Waals surface area contributed by atoms with Gasteiger partial charge in [0.25, 0.3) is 0 Å². The highest BCUT2D eigenvalue weighted by molar-refractivity contribution is 5.93. The number of hydrogen-bond donors (Lipinski definition) is 2. The van der Waals surface area contributed by atoms with E-state index in [1.54, 1.807) is 18.3 Å². The quantitative estimate of drug-likeness (QED) is 0.601. The molecular formula is C18H17FN6. The number of H-pyrrole nitrogens is 1. The fraction of sp³-hybridized carbons (Fsp3) is 0.278. The van der Waals surface area contributed by atoms with Gasteiger partial charge in [-0.15, -0.1) is 0 Å². The summed E-state index contributed by atoms with van der Waals surface area (Å²) in [7, 11) is 0. The van der Waals surface area contributed by atoms with Crippen LogP contribution in [-0.2, 0) is 6.54 Å². The van der Waals surface area contributed by atoms with E-state index in [9.17, 15) is 4.39 Å². The monoisotopic (exact) mass is 336 g/mol. The predicted octanol–water partition coefficient (Wildman–Crippen LogP) is 2.72. The maximum Gasteiger partial charge on any atom is 0.156 e. The summed E-state index contributed by atoms with van der Waals surface area (Å²) in [6.45, 7) is 2.87. The van der Waals surface area contributed by atoms with E-state index >= 15 is 0 Å². The van der Waals surface area contributed by atoms with E-state index in [-0.39, 0.29) is 5.82 Å². The minimum atomic E-state index is -0.252. The lowest BCUT2D eigenvalue weighted by Gasteiger charge is -2.26. The molecule has 0 saturated carbocycles. The average molecular weight is 336 g/mol. The average Bonchev–Trinajstić information content (AvgIpc) is 3.17. The highest BCUT2D eigenvalue weighted by Gasteiger charge is 2.19. The van der Waals surface area contributed by atoms with Gasteiger partial charge in [0.2, 0.25) is 0 Å². The fourth-order valence-electron chi connectivity index (χ4n) is 3.31. The Balaban J connectivity index is 1.61. The van der Waals surface area contributed by atoms with Crippen molar-refractivity contribution in [1.29, 1.82) is 0 Å². The third-order valence-corrected chi connectivity index (χ3v) is 4.83. The molecule has 2 N–H and O–H groups in total. The molecule has 5 rings (SSSR count). The van der Waals surface area contributed by atoms with Crippen LogP contribution >= 0.6 is 0 Å². The van der Waals surface area contributed by atoms with Crippen molar-refractivity contribution in [3.05, 3.63) is 42.5 Å². The normalized spacial score (nSPS) is 15.1. The number of aromatic nitrogens is 5. The number of halogens is 1. The van der Waals surface area contributed by atoms with Crippen LogP contribution in [0.3, 0.4) is 0 Å². The molecule has 0 radical (unpaired) electrons. The summed E-state index contributed by atoms with van der Waals surface area (Å²) in [6.07, 6.45) is 4.56. The molecule has 1 saturated heterocycles. The summed E-state index contributed by atoms with van der Waals surface area (Å²) < 4.78 is 15.7. The van der Waals surface area contributed by atoms with Crippen molar-refractivity contribution in [1.82, 2.24) is 30.0 Å². The van der Waals surface area contributed by atoms with E-state index in [2.05, 4.69) is 20.3 Å². The maximum absolute atomic E-state index is 13.8. The van der Waals surface area contributed by atoms with Gasteiger partial charge < -0.3 is 10.3 Å². The zero-order chi connectivity index (χ0) is 16.8. The molecular weight excluding hydrogens is 319 g/mol. The molecule has 0 aliphatic carbocycles. The highest BCUT2D eigenvalue weighted by Crippen LogP contribution is 2.28. The summed E-state index contributed by atoms with van der Waals surface area (Å²) in [5, 5.41) is 8.92. The Morgan fingerprint density at radius 3 is 3.00 bits per heavy atom. The maximum atomic E-state index is 13.8. The highest BCUT2D eigenvalue weighted by atomic mass is 19.1. The first-order valence-electron chi connectivity index (χ1n) is 8.45. The summed E-state index contributed by atoms with van der Waals surface area (Å²) >= 11 is 0. The van der Waals surface area contributed by atoms with Crippen molar-refractivity contribution in [3.8, 4) is 11.4 Å². The van der Waals surface area contributed by atoms with Crippen LogP contribution in [0.4, 0.5) is 4.39 Å². The molecule has 1 fully saturated rings. The van der Waals surface area contributed by atoms with Crippen molar-refractivity contribution >= 4 is 22.1 Å². The smallest absolute Gasteiger partial charge is 0.156 e. The van der Waals surface area contributed by atoms with Gasteiger partial charge in [-0.2, -0.15) is 5.10 Å². The number of fused-ring (bicyclic) bond motifs is 2. The Morgan fingerprint density at radius 1 is 1.24 bits per heavy atom. The predicted molar refractivity (Wildman–Crippen MR) is 93.6 cm³/mol. The van der Waals surface area contributed by atoms with Crippen LogP contribution in [0, 0.1) is 11.7 Å². The summed E-state index contributed by atoms with van der Waals surface area (Å²) in [4.78, 5) is 12.1. The van der Waals surface area contributed by atoms with Gasteiger partial charge in [0.15, 0.2) is 5.65 Å². The Kier molecular flexibility index (Phi) is 3.27. The second-order valence-electron chi connectivity index (χ2n) is 6.51. The van der Waals surface area contributed by atoms with Crippen LogP contribution in [0.5, 0.6) is 0 Å². The van der Waals surface area contributed by atoms with E-state index in [1.165, 1.54) is 6.07 Å². The molecule has 1 aliphatic heterocycles. The molecule has 0 atom stereocenters. The van der Waals surface area contributed by atoms with Crippen LogP contribution in [0.25, 0.3) is 33.5 Å². The standard InChI is InChI=1S/C18H17FN6/c19-12-1-2-13-16(7-12)25(6-4-11-8-20-9-11)24-17(13)15-10-22-18-14(23-15)3-5-21-18/h1-3,5,7,10-11,20H,4,6,8-9H2,(H,21,22). The van der Waals surface area contributed by atoms with Crippen LogP contribution in [-0.4, -0.2) is 37.8 Å². The lowest BCUT2D eigenvalue weighted by Crippen LogP contribution is -2.42. The Morgan fingerprint density at radius 2 is 2.16 bits per heavy atom. The van der Waals surface area contributed by atoms with Crippen LogP contribution in [0.2, 0.25) is 0 Å². The van der Waals surface area contributed by atoms with Gasteiger partial charge in [0, 0.05) is 18.1 Å². The van der Waals surface area contributed by atoms with E-state index in [0.717, 1.165) is 53.8 Å². The van der Waals surface area contributed by atoms with Crippen LogP contribution in [0.15, 0.2) is 36.7 Å². The minimum absolute atomic E-state index is 0.252. The fourth-order valence-corrected chi connectivity index (χ4v) is 3.31. The summed E-state index contributed by atoms with van der Waals surface area (Å²) in [5.74, 6) is 0.421. The second kappa shape index (κ2) is 5.63. The minimum Gasteiger partial charge on any atom is -0.345 e. The molecule has 3 aromatic heterocycles. The molecule has 6 nitrogen and oxygen atoms in total. The molecule has 25 heavy (non-hydrogen) atoms. The lowest BCUT2D eigenvalue weighted by molar-refractivity contribution is 0.309. The second-order valence-corrected chi connectivity index (χ2v) is 6.51. The SMILES string of the molecule is Fc1ccc2c(-c3cnc4[nH]ccc4n3)nn(CCC3CNC3)c2c1. The first-order chi connectivity index (χ1) is 12.3. The van der Waals surface area contributed by atoms with Crippen LogP contribution < -0.4 is 5.32 Å². The number of rotatable bonds is 4. The number of hydrogen-bond acceptors (Lipinski definition) is 4. The molecule has 4 aromatic rings. The number of benzene rings is 1. The number of nitrogens with zero attached hydrogens (tertiary/aromatic N) is 4. The third kappa shape index (κ3) is 2.47. The van der Waals surface area contributed by atoms with E-state index in [4.69, 9.17) is 5.10 Å². The molecule has 1 aliphatic rings. The number of aryl methyl sites for hydroxylation is 1. The zero-order valence-corrected chi connectivity index (χ0v) is 13.5. The number of aromatic amines is 1. The van der Waals surface area contributed by atoms with Crippen molar-refractivity contribution < 1.29 is 4.39 Å². The Bertz CT molecular complexity index is 1060. The summed E-state index contributed by atoms with van der Waals surface area (Å²) in [5.41, 5.74) is 3.79. The zero-order valence-electron chi connectivity index (χ0n) is 13.5. The molecule has 0 bridgehead atoms. The van der Waals surface area contributed by atoms with Gasteiger partial charge in [0.1, 0.15) is 22.7 Å². The largest absolute Gasteiger partial charge is 0.345 e. The number of nitrogens with one attached hydrogen (secondary N) is 2. The molecule has 1 aromatic carbocycles. The van der Waals surface area contributed by atoms with Gasteiger partial charge in [-0.05, 0) is 49.7 Å². The first-order valence-corrected chi connectivity index (χ1v) is 8.45. The topological polar surface area (TPSA) is 71.4 Å². The van der Waals surface area contributed by atoms with Crippen LogP contribution in [0.1, 0.15) is 6.42 Å². The van der Waals surface area contributed by atoms with E-state index in [1.807, 2.05) is 16.9 Å². The Hall–Kier alpha value is -2.80. The Labute approximate surface area is 143 Å². The van der Waals surface area contributed by atoms with Gasteiger partial charge in [0.05, 0.1) is 11.7 Å². The van der Waals surface area contributed by atoms with Crippen molar-refractivity contribution in [2.75, 3.05) is 13.1 Å². The summed E-state index contributed by atoms with van der Waals surface area (Å²) in [6, 6.07) is 6.68. The van der Waals surface area contributed by atoms with E-state index in [0.29, 0.717) is 11.6 Å². The molecule has 0 spiro atoms. The van der Waals surface area contributed by atoms with Crippen molar-refractivity contribution in [3.63, 3.8) is 0 Å². The first kappa shape index (κ1) is 14.5. The lowest BCUT2D eigenvalue weighted by atomic mass is 10.00. The van der Waals surface area contributed by atoms with Gasteiger partial charge in [-0.1, -0.05) is 0 Å². The molecule has 7 heteroatoms. The van der Waals surface area contributed by atoms with Gasteiger partial charge in [-0.25, -0.2) is 14.4 Å². The van der Waals surface area contributed by atoms with Crippen molar-refractivity contribution in [2.45, 2.75) is 13.0 Å². The van der Waals surface area contributed by atoms with E-state index < -0.39 is 0 Å². The third-order valence-electron chi connectivity index (χ3n) is 4.83. The molecule has 4 heterocycles. The molecule has 0 unspecified atom stereocenters. The van der Waals surface area contributed by atoms with Gasteiger partial charge in [-0.3, -0.25) is 4.68 Å². The molecule has 126 valence electrons. The molecule has 0 amide bonds. The van der Waals surface area contributed by atoms with Gasteiger partial charge >= 0.3 is 0 Å².